The minimum atomic E-state index is -0.881. The van der Waals surface area contributed by atoms with Crippen molar-refractivity contribution < 1.29 is 4.39 Å². The summed E-state index contributed by atoms with van der Waals surface area (Å²) in [5.74, 6) is 0.448. The van der Waals surface area contributed by atoms with Gasteiger partial charge in [0.05, 0.1) is 11.3 Å². The lowest BCUT2D eigenvalue weighted by Crippen LogP contribution is -2.44. The lowest BCUT2D eigenvalue weighted by atomic mass is 9.80. The average molecular weight is 325 g/mol. The monoisotopic (exact) mass is 325 g/mol. The fourth-order valence-corrected chi connectivity index (χ4v) is 2.79. The largest absolute Gasteiger partial charge is 0.316 e. The van der Waals surface area contributed by atoms with Gasteiger partial charge in [0.1, 0.15) is 17.6 Å². The number of halogens is 1. The van der Waals surface area contributed by atoms with Crippen LogP contribution in [0.25, 0.3) is 0 Å². The Bertz CT molecular complexity index is 723. The van der Waals surface area contributed by atoms with Gasteiger partial charge in [0, 0.05) is 0 Å². The fourth-order valence-electron chi connectivity index (χ4n) is 2.79. The summed E-state index contributed by atoms with van der Waals surface area (Å²) < 4.78 is 13.7. The first-order valence-corrected chi connectivity index (χ1v) is 8.28. The molecule has 1 aliphatic rings. The normalized spacial score (nSPS) is 18.0. The van der Waals surface area contributed by atoms with Gasteiger partial charge in [-0.3, -0.25) is 0 Å². The molecule has 0 bridgehead atoms. The summed E-state index contributed by atoms with van der Waals surface area (Å²) in [7, 11) is 0. The second-order valence-electron chi connectivity index (χ2n) is 6.40. The Balaban J connectivity index is 2.49. The molecule has 1 fully saturated rings. The van der Waals surface area contributed by atoms with E-state index in [-0.39, 0.29) is 5.82 Å². The Hall–Kier alpha value is -2.25. The maximum absolute atomic E-state index is 13.7. The van der Waals surface area contributed by atoms with E-state index in [1.54, 1.807) is 38.1 Å². The van der Waals surface area contributed by atoms with Crippen molar-refractivity contribution in [2.45, 2.75) is 45.1 Å². The van der Waals surface area contributed by atoms with Crippen molar-refractivity contribution in [3.05, 3.63) is 59.6 Å². The molecule has 24 heavy (non-hydrogen) atoms. The van der Waals surface area contributed by atoms with Gasteiger partial charge in [0.25, 0.3) is 0 Å². The Kier molecular flexibility index (Phi) is 5.69. The first kappa shape index (κ1) is 18.1. The van der Waals surface area contributed by atoms with Gasteiger partial charge in [0.15, 0.2) is 0 Å². The molecule has 0 aliphatic heterocycles. The number of allylic oxidation sites excluding steroid dienone is 2. The zero-order chi connectivity index (χ0) is 17.7. The van der Waals surface area contributed by atoms with E-state index in [0.717, 1.165) is 12.0 Å². The highest BCUT2D eigenvalue weighted by atomic mass is 19.1. The van der Waals surface area contributed by atoms with Crippen LogP contribution < -0.4 is 5.73 Å². The maximum atomic E-state index is 13.7. The summed E-state index contributed by atoms with van der Waals surface area (Å²) in [6.07, 6.45) is 7.38. The van der Waals surface area contributed by atoms with Crippen LogP contribution in [-0.2, 0) is 5.54 Å². The van der Waals surface area contributed by atoms with E-state index in [0.29, 0.717) is 29.3 Å². The van der Waals surface area contributed by atoms with Crippen LogP contribution in [0.1, 0.15) is 43.7 Å². The van der Waals surface area contributed by atoms with Crippen LogP contribution >= 0.6 is 0 Å². The molecule has 2 rings (SSSR count). The van der Waals surface area contributed by atoms with Crippen LogP contribution in [0.3, 0.4) is 0 Å². The number of aliphatic imine (C=N–C) groups is 1. The van der Waals surface area contributed by atoms with Crippen LogP contribution in [0.5, 0.6) is 0 Å². The Morgan fingerprint density at radius 1 is 1.54 bits per heavy atom. The minimum Gasteiger partial charge on any atom is -0.316 e. The van der Waals surface area contributed by atoms with Gasteiger partial charge >= 0.3 is 0 Å². The maximum Gasteiger partial charge on any atom is 0.136 e. The molecule has 126 valence electrons. The van der Waals surface area contributed by atoms with E-state index < -0.39 is 5.54 Å². The second kappa shape index (κ2) is 7.55. The van der Waals surface area contributed by atoms with Crippen LogP contribution in [-0.4, -0.2) is 5.71 Å². The van der Waals surface area contributed by atoms with Crippen molar-refractivity contribution in [1.82, 2.24) is 0 Å². The SMILES string of the molecule is C=CC(=N/C(C#N)=C\C)C(N)(CCC1CC1)c1ccc(F)c(C)c1. The molecule has 0 heterocycles. The number of benzene rings is 1. The van der Waals surface area contributed by atoms with E-state index in [9.17, 15) is 4.39 Å². The van der Waals surface area contributed by atoms with Crippen molar-refractivity contribution >= 4 is 5.71 Å². The third-order valence-electron chi connectivity index (χ3n) is 4.60. The molecule has 4 heteroatoms. The van der Waals surface area contributed by atoms with Gasteiger partial charge in [-0.25, -0.2) is 9.38 Å². The molecule has 0 amide bonds. The summed E-state index contributed by atoms with van der Waals surface area (Å²) in [5.41, 5.74) is 8.07. The number of hydrogen-bond donors (Lipinski definition) is 1. The molecule has 1 unspecified atom stereocenters. The number of aryl methyl sites for hydroxylation is 1. The summed E-state index contributed by atoms with van der Waals surface area (Å²) in [6.45, 7) is 7.31. The quantitative estimate of drug-likeness (QED) is 0.591. The van der Waals surface area contributed by atoms with Gasteiger partial charge in [-0.15, -0.1) is 0 Å². The molecule has 1 aromatic carbocycles. The van der Waals surface area contributed by atoms with Crippen molar-refractivity contribution in [1.29, 1.82) is 5.26 Å². The smallest absolute Gasteiger partial charge is 0.136 e. The van der Waals surface area contributed by atoms with Crippen molar-refractivity contribution in [2.24, 2.45) is 16.6 Å². The number of nitriles is 1. The molecule has 0 spiro atoms. The third kappa shape index (κ3) is 3.98. The first-order valence-electron chi connectivity index (χ1n) is 8.28. The van der Waals surface area contributed by atoms with E-state index in [1.165, 1.54) is 18.9 Å². The summed E-state index contributed by atoms with van der Waals surface area (Å²) >= 11 is 0. The lowest BCUT2D eigenvalue weighted by molar-refractivity contribution is 0.498. The summed E-state index contributed by atoms with van der Waals surface area (Å²) in [6, 6.07) is 6.95. The highest BCUT2D eigenvalue weighted by Crippen LogP contribution is 2.38. The number of nitrogens with two attached hydrogens (primary N) is 1. The number of rotatable bonds is 7. The molecule has 0 aromatic heterocycles. The molecule has 0 radical (unpaired) electrons. The van der Waals surface area contributed by atoms with Crippen molar-refractivity contribution in [3.63, 3.8) is 0 Å². The molecule has 1 atom stereocenters. The summed E-state index contributed by atoms with van der Waals surface area (Å²) in [4.78, 5) is 4.41. The molecular weight excluding hydrogens is 301 g/mol. The second-order valence-corrected chi connectivity index (χ2v) is 6.40. The Morgan fingerprint density at radius 3 is 2.75 bits per heavy atom. The fraction of sp³-hybridized carbons (Fsp3) is 0.400. The Labute approximate surface area is 143 Å². The topological polar surface area (TPSA) is 62.2 Å². The van der Waals surface area contributed by atoms with Crippen LogP contribution in [0, 0.1) is 30.0 Å². The van der Waals surface area contributed by atoms with Gasteiger partial charge in [0.2, 0.25) is 0 Å². The van der Waals surface area contributed by atoms with Crippen molar-refractivity contribution in [3.8, 4) is 6.07 Å². The van der Waals surface area contributed by atoms with Gasteiger partial charge in [-0.1, -0.05) is 37.6 Å². The van der Waals surface area contributed by atoms with E-state index in [1.807, 2.05) is 6.07 Å². The molecular formula is C20H24FN3. The van der Waals surface area contributed by atoms with Crippen LogP contribution in [0.4, 0.5) is 4.39 Å². The van der Waals surface area contributed by atoms with Crippen LogP contribution in [0.2, 0.25) is 0 Å². The molecule has 2 N–H and O–H groups in total. The predicted octanol–water partition coefficient (Wildman–Crippen LogP) is 4.53. The molecule has 1 aromatic rings. The standard InChI is InChI=1S/C20H24FN3/c1-4-17(13-22)24-19(5-2)20(23,11-10-15-6-7-15)16-8-9-18(21)14(3)12-16/h4-5,8-9,12,15H,2,6-7,10-11,23H2,1,3H3/b17-4-,24-19?. The van der Waals surface area contributed by atoms with Gasteiger partial charge in [-0.2, -0.15) is 5.26 Å². The third-order valence-corrected chi connectivity index (χ3v) is 4.60. The van der Waals surface area contributed by atoms with Crippen molar-refractivity contribution in [2.75, 3.05) is 0 Å². The zero-order valence-corrected chi connectivity index (χ0v) is 14.3. The average Bonchev–Trinajstić information content (AvgIpc) is 3.41. The number of nitrogens with zero attached hydrogens (tertiary/aromatic N) is 2. The van der Waals surface area contributed by atoms with Crippen LogP contribution in [0.15, 0.2) is 47.6 Å². The van der Waals surface area contributed by atoms with Gasteiger partial charge < -0.3 is 5.73 Å². The highest BCUT2D eigenvalue weighted by molar-refractivity contribution is 6.03. The van der Waals surface area contributed by atoms with E-state index >= 15 is 0 Å². The molecule has 1 saturated carbocycles. The lowest BCUT2D eigenvalue weighted by Gasteiger charge is -2.31. The molecule has 0 saturated heterocycles. The predicted molar refractivity (Wildman–Crippen MR) is 96.0 cm³/mol. The first-order chi connectivity index (χ1) is 11.4. The minimum absolute atomic E-state index is 0.258. The summed E-state index contributed by atoms with van der Waals surface area (Å²) in [5, 5.41) is 9.17. The molecule has 3 nitrogen and oxygen atoms in total. The van der Waals surface area contributed by atoms with Gasteiger partial charge in [-0.05, 0) is 55.9 Å². The Morgan fingerprint density at radius 2 is 2.25 bits per heavy atom. The zero-order valence-electron chi connectivity index (χ0n) is 14.3. The highest BCUT2D eigenvalue weighted by Gasteiger charge is 2.35. The van der Waals surface area contributed by atoms with E-state index in [2.05, 4.69) is 11.6 Å². The van der Waals surface area contributed by atoms with E-state index in [4.69, 9.17) is 11.0 Å². The number of hydrogen-bond acceptors (Lipinski definition) is 3. The molecule has 1 aliphatic carbocycles.